The summed E-state index contributed by atoms with van der Waals surface area (Å²) in [6.45, 7) is 2.19. The lowest BCUT2D eigenvalue weighted by Crippen LogP contribution is -2.40. The number of carboxylic acid groups (broad SMARTS) is 1. The first-order valence-electron chi connectivity index (χ1n) is 13.1. The summed E-state index contributed by atoms with van der Waals surface area (Å²) in [5.41, 5.74) is 3.46. The zero-order valence-electron chi connectivity index (χ0n) is 21.3. The third-order valence-corrected chi connectivity index (χ3v) is 7.02. The highest BCUT2D eigenvalue weighted by atomic mass is 16.4. The molecular formula is C33H38O3. The average molecular weight is 483 g/mol. The fourth-order valence-electron chi connectivity index (χ4n) is 4.59. The summed E-state index contributed by atoms with van der Waals surface area (Å²) in [5, 5.41) is 20.1. The van der Waals surface area contributed by atoms with E-state index < -0.39 is 12.1 Å². The van der Waals surface area contributed by atoms with Gasteiger partial charge in [0.15, 0.2) is 0 Å². The number of carboxylic acids is 1. The maximum Gasteiger partial charge on any atom is 0.335 e. The lowest BCUT2D eigenvalue weighted by molar-refractivity contribution is -0.0111. The van der Waals surface area contributed by atoms with Gasteiger partial charge in [0.1, 0.15) is 0 Å². The summed E-state index contributed by atoms with van der Waals surface area (Å²) in [6.07, 6.45) is 19.0. The largest absolute Gasteiger partial charge is 0.478 e. The van der Waals surface area contributed by atoms with Crippen LogP contribution < -0.4 is 0 Å². The topological polar surface area (TPSA) is 57.5 Å². The minimum Gasteiger partial charge on any atom is -0.478 e. The van der Waals surface area contributed by atoms with E-state index in [9.17, 15) is 9.90 Å². The first kappa shape index (κ1) is 27.2. The predicted molar refractivity (Wildman–Crippen MR) is 149 cm³/mol. The van der Waals surface area contributed by atoms with Gasteiger partial charge in [-0.05, 0) is 67.5 Å². The highest BCUT2D eigenvalue weighted by molar-refractivity contribution is 5.87. The van der Waals surface area contributed by atoms with Gasteiger partial charge in [-0.3, -0.25) is 0 Å². The Morgan fingerprint density at radius 3 is 2.44 bits per heavy atom. The number of unbranched alkanes of at least 4 members (excludes halogenated alkanes) is 2. The SMILES string of the molecule is CCCCCC(/C=C/C=C/C(O)C1(CCC#Cc2ccccc2)CCC1)=C\c1ccc(C(=O)O)cc1. The smallest absolute Gasteiger partial charge is 0.335 e. The van der Waals surface area contributed by atoms with Crippen molar-refractivity contribution < 1.29 is 15.0 Å². The highest BCUT2D eigenvalue weighted by Gasteiger charge is 2.41. The summed E-state index contributed by atoms with van der Waals surface area (Å²) in [6, 6.07) is 17.0. The molecule has 0 spiro atoms. The first-order valence-corrected chi connectivity index (χ1v) is 13.1. The van der Waals surface area contributed by atoms with E-state index in [0.717, 1.165) is 62.5 Å². The molecule has 1 fully saturated rings. The molecule has 1 aliphatic carbocycles. The second-order valence-corrected chi connectivity index (χ2v) is 9.68. The Morgan fingerprint density at radius 2 is 1.81 bits per heavy atom. The molecule has 0 bridgehead atoms. The number of carbonyl (C=O) groups is 1. The molecular weight excluding hydrogens is 444 g/mol. The molecule has 3 rings (SSSR count). The van der Waals surface area contributed by atoms with Crippen LogP contribution in [0.5, 0.6) is 0 Å². The van der Waals surface area contributed by atoms with E-state index in [1.54, 1.807) is 12.1 Å². The third kappa shape index (κ3) is 8.40. The Morgan fingerprint density at radius 1 is 1.06 bits per heavy atom. The summed E-state index contributed by atoms with van der Waals surface area (Å²) in [5.74, 6) is 5.59. The molecule has 0 saturated heterocycles. The van der Waals surface area contributed by atoms with Gasteiger partial charge in [-0.25, -0.2) is 4.79 Å². The molecule has 2 aromatic rings. The number of aliphatic hydroxyl groups is 1. The van der Waals surface area contributed by atoms with Crippen molar-refractivity contribution in [1.82, 2.24) is 0 Å². The Balaban J connectivity index is 1.60. The maximum atomic E-state index is 11.1. The number of aliphatic hydroxyl groups excluding tert-OH is 1. The number of hydrogen-bond donors (Lipinski definition) is 2. The molecule has 0 aliphatic heterocycles. The second kappa shape index (κ2) is 14.3. The van der Waals surface area contributed by atoms with Crippen LogP contribution in [0.25, 0.3) is 6.08 Å². The molecule has 0 heterocycles. The van der Waals surface area contributed by atoms with Gasteiger partial charge in [0.2, 0.25) is 0 Å². The predicted octanol–water partition coefficient (Wildman–Crippen LogP) is 7.82. The van der Waals surface area contributed by atoms with Crippen molar-refractivity contribution in [2.75, 3.05) is 0 Å². The molecule has 0 amide bonds. The van der Waals surface area contributed by atoms with Crippen LogP contribution in [0.4, 0.5) is 0 Å². The zero-order chi connectivity index (χ0) is 25.6. The number of aromatic carboxylic acids is 1. The van der Waals surface area contributed by atoms with Gasteiger partial charge in [0.25, 0.3) is 0 Å². The lowest BCUT2D eigenvalue weighted by atomic mass is 9.62. The Bertz CT molecular complexity index is 1110. The van der Waals surface area contributed by atoms with Crippen molar-refractivity contribution in [2.45, 2.75) is 70.8 Å². The van der Waals surface area contributed by atoms with Crippen LogP contribution in [0.2, 0.25) is 0 Å². The van der Waals surface area contributed by atoms with E-state index in [0.29, 0.717) is 5.56 Å². The van der Waals surface area contributed by atoms with Gasteiger partial charge in [0, 0.05) is 17.4 Å². The Hall–Kier alpha value is -3.35. The molecule has 2 N–H and O–H groups in total. The van der Waals surface area contributed by atoms with Crippen LogP contribution >= 0.6 is 0 Å². The Kier molecular flexibility index (Phi) is 10.8. The lowest BCUT2D eigenvalue weighted by Gasteiger charge is -2.44. The molecule has 3 heteroatoms. The summed E-state index contributed by atoms with van der Waals surface area (Å²) in [4.78, 5) is 11.1. The van der Waals surface area contributed by atoms with Crippen molar-refractivity contribution in [3.05, 3.63) is 101 Å². The minimum atomic E-state index is -0.912. The van der Waals surface area contributed by atoms with E-state index in [2.05, 4.69) is 30.9 Å². The molecule has 1 atom stereocenters. The van der Waals surface area contributed by atoms with Crippen LogP contribution in [0.1, 0.15) is 86.2 Å². The second-order valence-electron chi connectivity index (χ2n) is 9.68. The van der Waals surface area contributed by atoms with Crippen LogP contribution in [-0.4, -0.2) is 22.3 Å². The molecule has 2 aromatic carbocycles. The molecule has 0 aromatic heterocycles. The molecule has 1 aliphatic rings. The highest BCUT2D eigenvalue weighted by Crippen LogP contribution is 2.48. The van der Waals surface area contributed by atoms with E-state index >= 15 is 0 Å². The molecule has 1 unspecified atom stereocenters. The van der Waals surface area contributed by atoms with Crippen molar-refractivity contribution in [3.8, 4) is 11.8 Å². The van der Waals surface area contributed by atoms with Crippen molar-refractivity contribution >= 4 is 12.0 Å². The molecule has 36 heavy (non-hydrogen) atoms. The number of benzene rings is 2. The standard InChI is InChI=1S/C33H38O3/c1-2-3-5-16-28(26-29-19-21-30(22-20-29)32(35)36)17-8-9-18-31(34)33(24-12-25-33)23-11-10-15-27-13-6-4-7-14-27/h4,6-9,13-14,17-22,26,31,34H,2-3,5,11-12,16,23-25H2,1H3,(H,35,36)/b17-8+,18-9+,28-26+. The first-order chi connectivity index (χ1) is 17.5. The van der Waals surface area contributed by atoms with Crippen LogP contribution in [0.15, 0.2) is 84.5 Å². The maximum absolute atomic E-state index is 11.1. The van der Waals surface area contributed by atoms with E-state index in [1.807, 2.05) is 60.7 Å². The molecule has 188 valence electrons. The number of allylic oxidation sites excluding steroid dienone is 4. The fraction of sp³-hybridized carbons (Fsp3) is 0.364. The summed E-state index contributed by atoms with van der Waals surface area (Å²) >= 11 is 0. The van der Waals surface area contributed by atoms with Crippen LogP contribution in [0.3, 0.4) is 0 Å². The van der Waals surface area contributed by atoms with Crippen LogP contribution in [-0.2, 0) is 0 Å². The zero-order valence-corrected chi connectivity index (χ0v) is 21.3. The van der Waals surface area contributed by atoms with Crippen molar-refractivity contribution in [2.24, 2.45) is 5.41 Å². The summed E-state index contributed by atoms with van der Waals surface area (Å²) < 4.78 is 0. The fourth-order valence-corrected chi connectivity index (χ4v) is 4.59. The minimum absolute atomic E-state index is 0.0542. The Labute approximate surface area is 216 Å². The van der Waals surface area contributed by atoms with Gasteiger partial charge in [0.05, 0.1) is 11.7 Å². The number of hydrogen-bond acceptors (Lipinski definition) is 2. The summed E-state index contributed by atoms with van der Waals surface area (Å²) in [7, 11) is 0. The average Bonchev–Trinajstić information content (AvgIpc) is 2.86. The van der Waals surface area contributed by atoms with Gasteiger partial charge < -0.3 is 10.2 Å². The molecule has 0 radical (unpaired) electrons. The number of rotatable bonds is 12. The molecule has 1 saturated carbocycles. The van der Waals surface area contributed by atoms with Gasteiger partial charge in [-0.15, -0.1) is 0 Å². The van der Waals surface area contributed by atoms with Gasteiger partial charge in [-0.1, -0.05) is 98.7 Å². The van der Waals surface area contributed by atoms with Gasteiger partial charge >= 0.3 is 5.97 Å². The van der Waals surface area contributed by atoms with E-state index in [1.165, 1.54) is 12.0 Å². The van der Waals surface area contributed by atoms with E-state index in [-0.39, 0.29) is 5.41 Å². The normalized spacial score (nSPS) is 15.9. The van der Waals surface area contributed by atoms with Crippen molar-refractivity contribution in [1.29, 1.82) is 0 Å². The monoisotopic (exact) mass is 482 g/mol. The molecule has 3 nitrogen and oxygen atoms in total. The van der Waals surface area contributed by atoms with Crippen LogP contribution in [0, 0.1) is 17.3 Å². The van der Waals surface area contributed by atoms with E-state index in [4.69, 9.17) is 5.11 Å². The quantitative estimate of drug-likeness (QED) is 0.184. The van der Waals surface area contributed by atoms with Crippen molar-refractivity contribution in [3.63, 3.8) is 0 Å². The third-order valence-electron chi connectivity index (χ3n) is 7.02. The van der Waals surface area contributed by atoms with Gasteiger partial charge in [-0.2, -0.15) is 0 Å².